The molecule has 0 saturated carbocycles. The molecule has 87 heavy (non-hydrogen) atoms. The summed E-state index contributed by atoms with van der Waals surface area (Å²) in [7, 11) is -19.6. The van der Waals surface area contributed by atoms with Gasteiger partial charge in [0, 0.05) is 61.4 Å². The van der Waals surface area contributed by atoms with Crippen molar-refractivity contribution in [3.05, 3.63) is 107 Å². The monoisotopic (exact) mass is 1310 g/mol. The molecule has 454 valence electrons. The lowest BCUT2D eigenvalue weighted by Crippen LogP contribution is -2.48. The van der Waals surface area contributed by atoms with Crippen LogP contribution in [-0.2, 0) is 40.5 Å². The van der Waals surface area contributed by atoms with Crippen molar-refractivity contribution in [2.45, 2.75) is 33.4 Å². The Bertz CT molecular complexity index is 4680. The van der Waals surface area contributed by atoms with Crippen molar-refractivity contribution < 1.29 is 61.5 Å². The molecular formula is C48H45Cl2N19O14S4. The van der Waals surface area contributed by atoms with Gasteiger partial charge in [-0.05, 0) is 138 Å². The Morgan fingerprint density at radius 3 is 1.59 bits per heavy atom. The topological polar surface area (TPSA) is 497 Å². The highest BCUT2D eigenvalue weighted by molar-refractivity contribution is 7.87. The van der Waals surface area contributed by atoms with Crippen molar-refractivity contribution in [2.75, 3.05) is 70.8 Å². The van der Waals surface area contributed by atoms with E-state index in [0.717, 1.165) is 18.2 Å². The molecule has 0 spiro atoms. The average Bonchev–Trinajstić information content (AvgIpc) is 1.27. The van der Waals surface area contributed by atoms with Gasteiger partial charge in [-0.3, -0.25) is 23.1 Å². The van der Waals surface area contributed by atoms with E-state index < -0.39 is 77.8 Å². The fourth-order valence-corrected chi connectivity index (χ4v) is 11.9. The largest absolute Gasteiger partial charge is 0.353 e. The second-order valence-corrected chi connectivity index (χ2v) is 25.1. The standard InChI is InChI=1S/C48H45Cl2N19O14S4/c1-23-13-25-17-40(87(81,82)83)37(22-31(25)38(14-23)85(75,76)77)67-65-33-6-4-28(19-36(33)57-44(52)71)55-47-60-42(50)61-48(63-47)69-11-9-68(10-12-69)8-7-53-45-58-41(49)59-46(62-45)54-27-3-5-32(35(18-27)56-43(51)70)64-66-34-21-30-26(15-24(34)2)16-29(84(72,73)74)20-39(30)86(78,79)80/h3-6,13-22H,7-12H2,1-2H3,(H3,51,56,70)(H3,52,57,71)(H,72,73,74)(H,75,76,77)(H,78,79,80)(H,81,82,83)(H,55,60,61,63)(H2,53,54,58,59,62). The lowest BCUT2D eigenvalue weighted by Gasteiger charge is -2.34. The van der Waals surface area contributed by atoms with Crippen LogP contribution in [0, 0.1) is 13.8 Å². The van der Waals surface area contributed by atoms with E-state index >= 15 is 0 Å². The number of halogens is 2. The Balaban J connectivity index is 0.827. The van der Waals surface area contributed by atoms with Gasteiger partial charge in [0.2, 0.25) is 34.4 Å². The SMILES string of the molecule is Cc1cc(S(=O)(=O)O)c2cc(N=Nc3ccc(Nc4nc(Cl)nc(N5CCN(CCNc6nc(Cl)nc(Nc7ccc(N=Nc8cc9c(S(=O)(=O)O)cc(S(=O)(=O)O)cc9cc8C)c(NC(N)=O)c7)n6)CC5)n4)cc3NC(N)=O)c(S(=O)(=O)O)cc2c1. The van der Waals surface area contributed by atoms with Crippen molar-refractivity contribution >= 4 is 167 Å². The highest BCUT2D eigenvalue weighted by atomic mass is 35.5. The molecule has 9 rings (SSSR count). The molecular weight excluding hydrogens is 1270 g/mol. The van der Waals surface area contributed by atoms with Crippen LogP contribution < -0.4 is 43.0 Å². The fourth-order valence-electron chi connectivity index (χ4n) is 8.77. The lowest BCUT2D eigenvalue weighted by atomic mass is 10.1. The van der Waals surface area contributed by atoms with Crippen LogP contribution in [0.25, 0.3) is 21.5 Å². The summed E-state index contributed by atoms with van der Waals surface area (Å²) in [5, 5.41) is 29.9. The summed E-state index contributed by atoms with van der Waals surface area (Å²) >= 11 is 12.7. The number of nitrogens with one attached hydrogen (secondary N) is 5. The summed E-state index contributed by atoms with van der Waals surface area (Å²) in [6.45, 7) is 5.99. The Morgan fingerprint density at radius 1 is 0.540 bits per heavy atom. The molecule has 2 aromatic heterocycles. The Kier molecular flexibility index (Phi) is 17.8. The number of anilines is 8. The van der Waals surface area contributed by atoms with E-state index in [4.69, 9.17) is 34.7 Å². The van der Waals surface area contributed by atoms with E-state index in [-0.39, 0.29) is 90.0 Å². The number of fused-ring (bicyclic) bond motifs is 2. The third-order valence-corrected chi connectivity index (χ3v) is 16.4. The van der Waals surface area contributed by atoms with Gasteiger partial charge in [0.05, 0.1) is 22.0 Å². The molecule has 1 fully saturated rings. The van der Waals surface area contributed by atoms with Crippen LogP contribution in [0.1, 0.15) is 11.1 Å². The van der Waals surface area contributed by atoms with Crippen LogP contribution in [0.15, 0.2) is 125 Å². The van der Waals surface area contributed by atoms with Crippen molar-refractivity contribution in [1.29, 1.82) is 0 Å². The first-order chi connectivity index (χ1) is 40.8. The summed E-state index contributed by atoms with van der Waals surface area (Å²) in [5.41, 5.74) is 11.8. The molecule has 1 aliphatic rings. The molecule has 13 N–H and O–H groups in total. The highest BCUT2D eigenvalue weighted by Gasteiger charge is 2.25. The molecule has 0 atom stereocenters. The predicted octanol–water partition coefficient (Wildman–Crippen LogP) is 7.81. The van der Waals surface area contributed by atoms with Gasteiger partial charge in [-0.2, -0.15) is 68.7 Å². The van der Waals surface area contributed by atoms with Gasteiger partial charge in [0.25, 0.3) is 40.5 Å². The van der Waals surface area contributed by atoms with Gasteiger partial charge in [0.15, 0.2) is 0 Å². The number of carbonyl (C=O) groups is 2. The number of hydrogen-bond donors (Lipinski definition) is 11. The molecule has 0 aliphatic carbocycles. The number of carbonyl (C=O) groups excluding carboxylic acids is 2. The average molecular weight is 1310 g/mol. The maximum absolute atomic E-state index is 12.5. The molecule has 33 nitrogen and oxygen atoms in total. The number of aromatic nitrogens is 6. The first-order valence-corrected chi connectivity index (χ1v) is 31.2. The Hall–Kier alpha value is -9.02. The summed E-state index contributed by atoms with van der Waals surface area (Å²) in [6.07, 6.45) is 0. The minimum absolute atomic E-state index is 0.00260. The number of aryl methyl sites for hydroxylation is 2. The van der Waals surface area contributed by atoms with Crippen LogP contribution in [0.2, 0.25) is 10.6 Å². The van der Waals surface area contributed by atoms with Gasteiger partial charge in [0.1, 0.15) is 31.7 Å². The molecule has 0 radical (unpaired) electrons. The zero-order chi connectivity index (χ0) is 62.9. The van der Waals surface area contributed by atoms with Crippen LogP contribution in [0.5, 0.6) is 0 Å². The summed E-state index contributed by atoms with van der Waals surface area (Å²) < 4.78 is 137. The van der Waals surface area contributed by atoms with Crippen LogP contribution in [0.4, 0.5) is 78.9 Å². The van der Waals surface area contributed by atoms with E-state index in [1.54, 1.807) is 6.92 Å². The number of urea groups is 2. The quantitative estimate of drug-likeness (QED) is 0.0271. The molecule has 39 heteroatoms. The van der Waals surface area contributed by atoms with E-state index in [0.29, 0.717) is 62.1 Å². The number of primary amides is 2. The number of rotatable bonds is 19. The van der Waals surface area contributed by atoms with E-state index in [1.165, 1.54) is 67.6 Å². The number of benzene rings is 6. The second kappa shape index (κ2) is 24.8. The first-order valence-electron chi connectivity index (χ1n) is 24.7. The number of azo groups is 2. The van der Waals surface area contributed by atoms with Gasteiger partial charge < -0.3 is 43.0 Å². The third-order valence-electron chi connectivity index (χ3n) is 12.6. The zero-order valence-electron chi connectivity index (χ0n) is 44.6. The number of nitrogens with zero attached hydrogens (tertiary/aromatic N) is 12. The van der Waals surface area contributed by atoms with Crippen molar-refractivity contribution in [2.24, 2.45) is 31.9 Å². The summed E-state index contributed by atoms with van der Waals surface area (Å²) in [4.78, 5) is 51.1. The van der Waals surface area contributed by atoms with E-state index in [2.05, 4.69) is 81.8 Å². The third kappa shape index (κ3) is 15.5. The maximum Gasteiger partial charge on any atom is 0.316 e. The van der Waals surface area contributed by atoms with Gasteiger partial charge in [-0.1, -0.05) is 6.07 Å². The molecule has 0 unspecified atom stereocenters. The van der Waals surface area contributed by atoms with Crippen molar-refractivity contribution in [3.8, 4) is 0 Å². The number of nitrogens with two attached hydrogens (primary N) is 2. The van der Waals surface area contributed by atoms with E-state index in [1.807, 2.05) is 4.90 Å². The van der Waals surface area contributed by atoms with E-state index in [9.17, 15) is 61.5 Å². The summed E-state index contributed by atoms with van der Waals surface area (Å²) in [5.74, 6) is 0.367. The van der Waals surface area contributed by atoms with Crippen LogP contribution >= 0.6 is 23.2 Å². The molecule has 4 amide bonds. The molecule has 0 bridgehead atoms. The van der Waals surface area contributed by atoms with Crippen LogP contribution in [-0.4, -0.2) is 138 Å². The minimum Gasteiger partial charge on any atom is -0.353 e. The number of hydrogen-bond acceptors (Lipinski definition) is 25. The smallest absolute Gasteiger partial charge is 0.316 e. The normalized spacial score (nSPS) is 13.6. The number of piperazine rings is 1. The van der Waals surface area contributed by atoms with Gasteiger partial charge in [-0.15, -0.1) is 15.3 Å². The summed E-state index contributed by atoms with van der Waals surface area (Å²) in [6, 6.07) is 15.5. The molecule has 8 aromatic rings. The lowest BCUT2D eigenvalue weighted by molar-refractivity contribution is 0.258. The minimum atomic E-state index is -5.00. The Labute approximate surface area is 502 Å². The predicted molar refractivity (Wildman–Crippen MR) is 318 cm³/mol. The van der Waals surface area contributed by atoms with Gasteiger partial charge >= 0.3 is 12.1 Å². The second-order valence-electron chi connectivity index (χ2n) is 18.8. The van der Waals surface area contributed by atoms with Crippen molar-refractivity contribution in [1.82, 2.24) is 34.8 Å². The zero-order valence-corrected chi connectivity index (χ0v) is 49.4. The molecule has 1 aliphatic heterocycles. The molecule has 1 saturated heterocycles. The maximum atomic E-state index is 12.5. The van der Waals surface area contributed by atoms with Crippen LogP contribution in [0.3, 0.4) is 0 Å². The molecule has 6 aromatic carbocycles. The fraction of sp³-hybridized carbons (Fsp3) is 0.167. The molecule has 3 heterocycles. The van der Waals surface area contributed by atoms with Gasteiger partial charge in [-0.25, -0.2) is 9.59 Å². The highest BCUT2D eigenvalue weighted by Crippen LogP contribution is 2.39. The Morgan fingerprint density at radius 2 is 1.03 bits per heavy atom. The first kappa shape index (κ1) is 62.5. The van der Waals surface area contributed by atoms with Crippen molar-refractivity contribution in [3.63, 3.8) is 0 Å². The number of amides is 4.